The number of hydrogen-bond donors (Lipinski definition) is 1. The second kappa shape index (κ2) is 5.10. The fraction of sp³-hybridized carbons (Fsp3) is 0.692. The van der Waals surface area contributed by atoms with E-state index in [9.17, 15) is 4.79 Å². The molecule has 1 aromatic heterocycles. The Balaban J connectivity index is 2.12. The molecule has 1 atom stereocenters. The third-order valence-electron chi connectivity index (χ3n) is 3.58. The SMILES string of the molecule is CNC1CC(C)(C)CCN(Cc2ncco2)C1=O. The van der Waals surface area contributed by atoms with Crippen molar-refractivity contribution in [3.05, 3.63) is 18.4 Å². The van der Waals surface area contributed by atoms with Crippen molar-refractivity contribution in [1.29, 1.82) is 0 Å². The van der Waals surface area contributed by atoms with E-state index in [1.807, 2.05) is 11.9 Å². The summed E-state index contributed by atoms with van der Waals surface area (Å²) in [4.78, 5) is 18.3. The molecule has 1 aliphatic heterocycles. The Morgan fingerprint density at radius 1 is 1.61 bits per heavy atom. The predicted octanol–water partition coefficient (Wildman–Crippen LogP) is 1.41. The van der Waals surface area contributed by atoms with Gasteiger partial charge in [-0.1, -0.05) is 13.8 Å². The summed E-state index contributed by atoms with van der Waals surface area (Å²) in [6.07, 6.45) is 5.01. The van der Waals surface area contributed by atoms with Gasteiger partial charge in [0.2, 0.25) is 11.8 Å². The van der Waals surface area contributed by atoms with Crippen LogP contribution in [-0.2, 0) is 11.3 Å². The fourth-order valence-electron chi connectivity index (χ4n) is 2.39. The molecule has 0 saturated carbocycles. The van der Waals surface area contributed by atoms with Gasteiger partial charge in [0.25, 0.3) is 0 Å². The van der Waals surface area contributed by atoms with Crippen LogP contribution in [0, 0.1) is 5.41 Å². The van der Waals surface area contributed by atoms with Crippen LogP contribution >= 0.6 is 0 Å². The van der Waals surface area contributed by atoms with Crippen molar-refractivity contribution in [2.24, 2.45) is 5.41 Å². The van der Waals surface area contributed by atoms with E-state index in [-0.39, 0.29) is 17.4 Å². The number of hydrogen-bond acceptors (Lipinski definition) is 4. The van der Waals surface area contributed by atoms with E-state index in [4.69, 9.17) is 4.42 Å². The van der Waals surface area contributed by atoms with Gasteiger partial charge in [0.1, 0.15) is 6.26 Å². The highest BCUT2D eigenvalue weighted by molar-refractivity contribution is 5.82. The van der Waals surface area contributed by atoms with E-state index in [0.717, 1.165) is 19.4 Å². The second-order valence-electron chi connectivity index (χ2n) is 5.65. The number of nitrogens with zero attached hydrogens (tertiary/aromatic N) is 2. The summed E-state index contributed by atoms with van der Waals surface area (Å²) in [7, 11) is 1.84. The number of likely N-dealkylation sites (tertiary alicyclic amines) is 1. The minimum absolute atomic E-state index is 0.113. The van der Waals surface area contributed by atoms with E-state index in [0.29, 0.717) is 12.4 Å². The van der Waals surface area contributed by atoms with Crippen LogP contribution in [0.4, 0.5) is 0 Å². The summed E-state index contributed by atoms with van der Waals surface area (Å²) in [5, 5.41) is 3.12. The van der Waals surface area contributed by atoms with Crippen molar-refractivity contribution < 1.29 is 9.21 Å². The smallest absolute Gasteiger partial charge is 0.240 e. The second-order valence-corrected chi connectivity index (χ2v) is 5.65. The third-order valence-corrected chi connectivity index (χ3v) is 3.58. The number of nitrogens with one attached hydrogen (secondary N) is 1. The van der Waals surface area contributed by atoms with E-state index in [1.165, 1.54) is 6.26 Å². The molecule has 0 radical (unpaired) electrons. The first-order valence-corrected chi connectivity index (χ1v) is 6.36. The molecule has 0 spiro atoms. The molecule has 0 aliphatic carbocycles. The van der Waals surface area contributed by atoms with Gasteiger partial charge in [-0.05, 0) is 25.3 Å². The lowest BCUT2D eigenvalue weighted by molar-refractivity contribution is -0.133. The van der Waals surface area contributed by atoms with Gasteiger partial charge in [-0.25, -0.2) is 4.98 Å². The van der Waals surface area contributed by atoms with Crippen molar-refractivity contribution in [3.8, 4) is 0 Å². The Morgan fingerprint density at radius 2 is 2.39 bits per heavy atom. The van der Waals surface area contributed by atoms with Crippen LogP contribution in [0.15, 0.2) is 16.9 Å². The molecule has 1 N–H and O–H groups in total. The van der Waals surface area contributed by atoms with E-state index in [2.05, 4.69) is 24.1 Å². The van der Waals surface area contributed by atoms with Crippen molar-refractivity contribution in [1.82, 2.24) is 15.2 Å². The van der Waals surface area contributed by atoms with Crippen LogP contribution in [0.25, 0.3) is 0 Å². The average Bonchev–Trinajstić information content (AvgIpc) is 2.79. The van der Waals surface area contributed by atoms with Crippen LogP contribution in [0.5, 0.6) is 0 Å². The number of likely N-dealkylation sites (N-methyl/N-ethyl adjacent to an activating group) is 1. The zero-order valence-electron chi connectivity index (χ0n) is 11.3. The topological polar surface area (TPSA) is 58.4 Å². The van der Waals surface area contributed by atoms with Gasteiger partial charge >= 0.3 is 0 Å². The maximum Gasteiger partial charge on any atom is 0.240 e. The molecule has 2 rings (SSSR count). The Bertz CT molecular complexity index is 400. The number of carbonyl (C=O) groups is 1. The first-order valence-electron chi connectivity index (χ1n) is 6.36. The Morgan fingerprint density at radius 3 is 3.00 bits per heavy atom. The van der Waals surface area contributed by atoms with Crippen LogP contribution in [0.2, 0.25) is 0 Å². The lowest BCUT2D eigenvalue weighted by atomic mass is 9.83. The summed E-state index contributed by atoms with van der Waals surface area (Å²) >= 11 is 0. The molecule has 1 saturated heterocycles. The lowest BCUT2D eigenvalue weighted by Gasteiger charge is -2.24. The fourth-order valence-corrected chi connectivity index (χ4v) is 2.39. The third kappa shape index (κ3) is 2.90. The van der Waals surface area contributed by atoms with Gasteiger partial charge < -0.3 is 14.6 Å². The van der Waals surface area contributed by atoms with Crippen molar-refractivity contribution >= 4 is 5.91 Å². The number of oxazole rings is 1. The van der Waals surface area contributed by atoms with Crippen LogP contribution in [0.1, 0.15) is 32.6 Å². The standard InChI is InChI=1S/C13H21N3O2/c1-13(2)4-6-16(9-11-15-5-7-18-11)12(17)10(8-13)14-3/h5,7,10,14H,4,6,8-9H2,1-3H3. The van der Waals surface area contributed by atoms with Crippen molar-refractivity contribution in [2.45, 2.75) is 39.3 Å². The highest BCUT2D eigenvalue weighted by Crippen LogP contribution is 2.30. The molecule has 5 nitrogen and oxygen atoms in total. The molecule has 1 aromatic rings. The van der Waals surface area contributed by atoms with Crippen molar-refractivity contribution in [3.63, 3.8) is 0 Å². The molecule has 18 heavy (non-hydrogen) atoms. The van der Waals surface area contributed by atoms with Crippen LogP contribution < -0.4 is 5.32 Å². The minimum Gasteiger partial charge on any atom is -0.447 e. The predicted molar refractivity (Wildman–Crippen MR) is 67.8 cm³/mol. The molecule has 5 heteroatoms. The minimum atomic E-state index is -0.113. The maximum absolute atomic E-state index is 12.4. The molecule has 2 heterocycles. The number of carbonyl (C=O) groups excluding carboxylic acids is 1. The zero-order valence-corrected chi connectivity index (χ0v) is 11.3. The first kappa shape index (κ1) is 13.1. The Hall–Kier alpha value is -1.36. The zero-order chi connectivity index (χ0) is 13.2. The molecular weight excluding hydrogens is 230 g/mol. The van der Waals surface area contributed by atoms with Gasteiger partial charge in [-0.15, -0.1) is 0 Å². The van der Waals surface area contributed by atoms with E-state index in [1.54, 1.807) is 6.20 Å². The summed E-state index contributed by atoms with van der Waals surface area (Å²) in [6.45, 7) is 5.63. The quantitative estimate of drug-likeness (QED) is 0.882. The molecule has 1 unspecified atom stereocenters. The first-order chi connectivity index (χ1) is 8.52. The Labute approximate surface area is 108 Å². The highest BCUT2D eigenvalue weighted by Gasteiger charge is 2.34. The monoisotopic (exact) mass is 251 g/mol. The van der Waals surface area contributed by atoms with Crippen LogP contribution in [0.3, 0.4) is 0 Å². The number of rotatable bonds is 3. The lowest BCUT2D eigenvalue weighted by Crippen LogP contribution is -2.44. The molecule has 1 amide bonds. The molecule has 0 bridgehead atoms. The highest BCUT2D eigenvalue weighted by atomic mass is 16.3. The molecular formula is C13H21N3O2. The van der Waals surface area contributed by atoms with Crippen molar-refractivity contribution in [2.75, 3.05) is 13.6 Å². The maximum atomic E-state index is 12.4. The summed E-state index contributed by atoms with van der Waals surface area (Å²) in [6, 6.07) is -0.113. The van der Waals surface area contributed by atoms with Gasteiger partial charge in [0.15, 0.2) is 0 Å². The van der Waals surface area contributed by atoms with E-state index >= 15 is 0 Å². The van der Waals surface area contributed by atoms with E-state index < -0.39 is 0 Å². The van der Waals surface area contributed by atoms with Gasteiger partial charge in [0.05, 0.1) is 18.8 Å². The summed E-state index contributed by atoms with van der Waals surface area (Å²) in [5.74, 6) is 0.735. The molecule has 100 valence electrons. The summed E-state index contributed by atoms with van der Waals surface area (Å²) < 4.78 is 5.22. The van der Waals surface area contributed by atoms with Gasteiger partial charge in [-0.2, -0.15) is 0 Å². The Kier molecular flexibility index (Phi) is 3.71. The van der Waals surface area contributed by atoms with Crippen LogP contribution in [-0.4, -0.2) is 35.4 Å². The number of aromatic nitrogens is 1. The number of amides is 1. The van der Waals surface area contributed by atoms with Gasteiger partial charge in [0, 0.05) is 6.54 Å². The largest absolute Gasteiger partial charge is 0.447 e. The summed E-state index contributed by atoms with van der Waals surface area (Å²) in [5.41, 5.74) is 0.175. The molecule has 1 fully saturated rings. The van der Waals surface area contributed by atoms with Gasteiger partial charge in [-0.3, -0.25) is 4.79 Å². The molecule has 1 aliphatic rings. The molecule has 0 aromatic carbocycles. The normalized spacial score (nSPS) is 24.1. The average molecular weight is 251 g/mol.